The van der Waals surface area contributed by atoms with E-state index in [-0.39, 0.29) is 6.42 Å². The molecule has 30 heavy (non-hydrogen) atoms. The van der Waals surface area contributed by atoms with Crippen LogP contribution in [0.3, 0.4) is 0 Å². The van der Waals surface area contributed by atoms with Crippen molar-refractivity contribution >= 4 is 5.97 Å². The summed E-state index contributed by atoms with van der Waals surface area (Å²) in [6.45, 7) is 2.96. The van der Waals surface area contributed by atoms with Gasteiger partial charge in [0.2, 0.25) is 5.88 Å². The van der Waals surface area contributed by atoms with E-state index in [9.17, 15) is 4.79 Å². The first-order chi connectivity index (χ1) is 14.6. The molecule has 0 unspecified atom stereocenters. The van der Waals surface area contributed by atoms with Crippen molar-refractivity contribution in [2.24, 2.45) is 0 Å². The SMILES string of the molecule is CCCCOc1cc(CC(=O)O)cc(OCc2ccc(Oc3ccccc3)nc2)c1. The van der Waals surface area contributed by atoms with Crippen LogP contribution < -0.4 is 14.2 Å². The molecule has 0 aliphatic heterocycles. The maximum Gasteiger partial charge on any atom is 0.307 e. The zero-order chi connectivity index (χ0) is 21.2. The van der Waals surface area contributed by atoms with Crippen LogP contribution in [0.15, 0.2) is 66.9 Å². The van der Waals surface area contributed by atoms with Gasteiger partial charge in [-0.2, -0.15) is 0 Å². The van der Waals surface area contributed by atoms with Crippen molar-refractivity contribution in [1.29, 1.82) is 0 Å². The minimum Gasteiger partial charge on any atom is -0.493 e. The molecule has 2 aromatic carbocycles. The van der Waals surface area contributed by atoms with Gasteiger partial charge in [0.25, 0.3) is 0 Å². The van der Waals surface area contributed by atoms with Gasteiger partial charge in [0.1, 0.15) is 23.9 Å². The number of hydrogen-bond acceptors (Lipinski definition) is 5. The zero-order valence-corrected chi connectivity index (χ0v) is 16.9. The predicted octanol–water partition coefficient (Wildman–Crippen LogP) is 5.26. The highest BCUT2D eigenvalue weighted by Gasteiger charge is 2.08. The molecule has 1 heterocycles. The number of benzene rings is 2. The number of hydrogen-bond donors (Lipinski definition) is 1. The number of carboxylic acids is 1. The van der Waals surface area contributed by atoms with Gasteiger partial charge in [-0.3, -0.25) is 4.79 Å². The smallest absolute Gasteiger partial charge is 0.307 e. The van der Waals surface area contributed by atoms with Crippen molar-refractivity contribution < 1.29 is 24.1 Å². The molecule has 156 valence electrons. The Hall–Kier alpha value is -3.54. The standard InChI is InChI=1S/C24H25NO5/c1-2-3-11-28-21-12-19(14-24(26)27)13-22(15-21)29-17-18-9-10-23(25-16-18)30-20-7-5-4-6-8-20/h4-10,12-13,15-16H,2-3,11,14,17H2,1H3,(H,26,27). The normalized spacial score (nSPS) is 10.4. The third-order valence-electron chi connectivity index (χ3n) is 4.23. The van der Waals surface area contributed by atoms with Crippen LogP contribution in [-0.2, 0) is 17.8 Å². The van der Waals surface area contributed by atoms with E-state index in [1.807, 2.05) is 36.4 Å². The van der Waals surface area contributed by atoms with Crippen LogP contribution in [0.5, 0.6) is 23.1 Å². The van der Waals surface area contributed by atoms with Gasteiger partial charge in [0.15, 0.2) is 0 Å². The van der Waals surface area contributed by atoms with E-state index in [4.69, 9.17) is 19.3 Å². The summed E-state index contributed by atoms with van der Waals surface area (Å²) in [5.41, 5.74) is 1.50. The number of carbonyl (C=O) groups is 1. The fourth-order valence-corrected chi connectivity index (χ4v) is 2.74. The molecule has 0 saturated heterocycles. The number of aliphatic carboxylic acids is 1. The number of carboxylic acid groups (broad SMARTS) is 1. The second-order valence-corrected chi connectivity index (χ2v) is 6.79. The van der Waals surface area contributed by atoms with E-state index >= 15 is 0 Å². The maximum atomic E-state index is 11.1. The molecule has 0 aliphatic carbocycles. The lowest BCUT2D eigenvalue weighted by Gasteiger charge is -2.12. The minimum absolute atomic E-state index is 0.0889. The first kappa shape index (κ1) is 21.2. The summed E-state index contributed by atoms with van der Waals surface area (Å²) < 4.78 is 17.3. The lowest BCUT2D eigenvalue weighted by atomic mass is 10.1. The van der Waals surface area contributed by atoms with Crippen LogP contribution in [0.4, 0.5) is 0 Å². The molecule has 0 bridgehead atoms. The summed E-state index contributed by atoms with van der Waals surface area (Å²) in [5, 5.41) is 9.10. The second kappa shape index (κ2) is 10.9. The van der Waals surface area contributed by atoms with E-state index in [0.29, 0.717) is 36.2 Å². The highest BCUT2D eigenvalue weighted by Crippen LogP contribution is 2.25. The summed E-state index contributed by atoms with van der Waals surface area (Å²) in [5.74, 6) is 1.50. The Kier molecular flexibility index (Phi) is 7.66. The number of para-hydroxylation sites is 1. The fourth-order valence-electron chi connectivity index (χ4n) is 2.74. The Labute approximate surface area is 176 Å². The quantitative estimate of drug-likeness (QED) is 0.437. The van der Waals surface area contributed by atoms with Gasteiger partial charge >= 0.3 is 5.97 Å². The van der Waals surface area contributed by atoms with Gasteiger partial charge in [0.05, 0.1) is 13.0 Å². The summed E-state index contributed by atoms with van der Waals surface area (Å²) >= 11 is 0. The number of unbranched alkanes of at least 4 members (excludes halogenated alkanes) is 1. The first-order valence-corrected chi connectivity index (χ1v) is 9.91. The van der Waals surface area contributed by atoms with Crippen molar-refractivity contribution in [2.75, 3.05) is 6.61 Å². The van der Waals surface area contributed by atoms with Crippen molar-refractivity contribution in [3.8, 4) is 23.1 Å². The van der Waals surface area contributed by atoms with E-state index in [0.717, 1.165) is 24.2 Å². The van der Waals surface area contributed by atoms with Crippen LogP contribution in [-0.4, -0.2) is 22.7 Å². The van der Waals surface area contributed by atoms with Gasteiger partial charge in [-0.1, -0.05) is 31.5 Å². The molecular formula is C24H25NO5. The van der Waals surface area contributed by atoms with Gasteiger partial charge in [-0.15, -0.1) is 0 Å². The molecular weight excluding hydrogens is 382 g/mol. The summed E-state index contributed by atoms with van der Waals surface area (Å²) in [4.78, 5) is 15.4. The zero-order valence-electron chi connectivity index (χ0n) is 16.9. The summed E-state index contributed by atoms with van der Waals surface area (Å²) in [7, 11) is 0. The molecule has 0 radical (unpaired) electrons. The van der Waals surface area contributed by atoms with E-state index in [1.165, 1.54) is 0 Å². The third kappa shape index (κ3) is 6.81. The topological polar surface area (TPSA) is 77.9 Å². The average molecular weight is 407 g/mol. The van der Waals surface area contributed by atoms with Gasteiger partial charge in [-0.25, -0.2) is 4.98 Å². The number of aromatic nitrogens is 1. The maximum absolute atomic E-state index is 11.1. The van der Waals surface area contributed by atoms with Crippen molar-refractivity contribution in [2.45, 2.75) is 32.8 Å². The number of nitrogens with zero attached hydrogens (tertiary/aromatic N) is 1. The Bertz CT molecular complexity index is 942. The van der Waals surface area contributed by atoms with Crippen molar-refractivity contribution in [1.82, 2.24) is 4.98 Å². The molecule has 0 fully saturated rings. The molecule has 0 saturated carbocycles. The highest BCUT2D eigenvalue weighted by atomic mass is 16.5. The Balaban J connectivity index is 1.63. The predicted molar refractivity (Wildman–Crippen MR) is 113 cm³/mol. The molecule has 1 aromatic heterocycles. The first-order valence-electron chi connectivity index (χ1n) is 9.91. The van der Waals surface area contributed by atoms with Crippen LogP contribution >= 0.6 is 0 Å². The van der Waals surface area contributed by atoms with E-state index in [1.54, 1.807) is 30.5 Å². The second-order valence-electron chi connectivity index (χ2n) is 6.79. The van der Waals surface area contributed by atoms with Crippen LogP contribution in [0.2, 0.25) is 0 Å². The molecule has 0 aliphatic rings. The largest absolute Gasteiger partial charge is 0.493 e. The van der Waals surface area contributed by atoms with Gasteiger partial charge in [-0.05, 0) is 42.3 Å². The van der Waals surface area contributed by atoms with Gasteiger partial charge in [0, 0.05) is 23.9 Å². The highest BCUT2D eigenvalue weighted by molar-refractivity contribution is 5.70. The average Bonchev–Trinajstić information content (AvgIpc) is 2.74. The Morgan fingerprint density at radius 2 is 1.70 bits per heavy atom. The van der Waals surface area contributed by atoms with Crippen LogP contribution in [0, 0.1) is 0 Å². The molecule has 6 heteroatoms. The van der Waals surface area contributed by atoms with Gasteiger partial charge < -0.3 is 19.3 Å². The van der Waals surface area contributed by atoms with Crippen molar-refractivity contribution in [3.05, 3.63) is 78.0 Å². The molecule has 6 nitrogen and oxygen atoms in total. The molecule has 0 spiro atoms. The van der Waals surface area contributed by atoms with E-state index < -0.39 is 5.97 Å². The van der Waals surface area contributed by atoms with Crippen LogP contribution in [0.25, 0.3) is 0 Å². The number of pyridine rings is 1. The monoisotopic (exact) mass is 407 g/mol. The number of rotatable bonds is 11. The molecule has 1 N–H and O–H groups in total. The lowest BCUT2D eigenvalue weighted by Crippen LogP contribution is -2.03. The third-order valence-corrected chi connectivity index (χ3v) is 4.23. The summed E-state index contributed by atoms with van der Waals surface area (Å²) in [6.07, 6.45) is 3.56. The summed E-state index contributed by atoms with van der Waals surface area (Å²) in [6, 6.07) is 18.4. The van der Waals surface area contributed by atoms with Crippen molar-refractivity contribution in [3.63, 3.8) is 0 Å². The Morgan fingerprint density at radius 3 is 2.37 bits per heavy atom. The van der Waals surface area contributed by atoms with E-state index in [2.05, 4.69) is 11.9 Å². The minimum atomic E-state index is -0.898. The molecule has 0 amide bonds. The molecule has 3 rings (SSSR count). The van der Waals surface area contributed by atoms with Crippen LogP contribution in [0.1, 0.15) is 30.9 Å². The number of ether oxygens (including phenoxy) is 3. The Morgan fingerprint density at radius 1 is 0.933 bits per heavy atom. The molecule has 3 aromatic rings. The lowest BCUT2D eigenvalue weighted by molar-refractivity contribution is -0.136. The fraction of sp³-hybridized carbons (Fsp3) is 0.250. The molecule has 0 atom stereocenters.